The molecule has 6 heteroatoms. The Morgan fingerprint density at radius 1 is 0.816 bits per heavy atom. The second kappa shape index (κ2) is 23.8. The van der Waals surface area contributed by atoms with Crippen LogP contribution in [-0.4, -0.2) is 44.9 Å². The summed E-state index contributed by atoms with van der Waals surface area (Å²) in [6, 6.07) is 10.7. The van der Waals surface area contributed by atoms with E-state index in [0.717, 1.165) is 13.0 Å². The summed E-state index contributed by atoms with van der Waals surface area (Å²) in [7, 11) is 0. The van der Waals surface area contributed by atoms with Crippen LogP contribution in [0.5, 0.6) is 0 Å². The average Bonchev–Trinajstić information content (AvgIpc) is 2.91. The molecule has 0 bridgehead atoms. The van der Waals surface area contributed by atoms with Gasteiger partial charge >= 0.3 is 12.1 Å². The molecule has 0 aliphatic heterocycles. The number of amides is 1. The minimum Gasteiger partial charge on any atom is -0.459 e. The number of ether oxygens (including phenoxy) is 2. The fourth-order valence-corrected chi connectivity index (χ4v) is 4.50. The maximum Gasteiger partial charge on any atom is 0.407 e. The molecular formula is C32H54N2O4. The molecule has 0 fully saturated rings. The van der Waals surface area contributed by atoms with E-state index in [1.165, 1.54) is 89.0 Å². The van der Waals surface area contributed by atoms with Crippen LogP contribution in [0.3, 0.4) is 0 Å². The number of carbonyl (C=O) groups excluding carboxylic acids is 2. The topological polar surface area (TPSA) is 76.7 Å². The van der Waals surface area contributed by atoms with Crippen molar-refractivity contribution >= 4 is 12.1 Å². The van der Waals surface area contributed by atoms with Gasteiger partial charge in [0.15, 0.2) is 0 Å². The lowest BCUT2D eigenvalue weighted by molar-refractivity contribution is -0.139. The second-order valence-corrected chi connectivity index (χ2v) is 10.4. The summed E-state index contributed by atoms with van der Waals surface area (Å²) >= 11 is 0. The summed E-state index contributed by atoms with van der Waals surface area (Å²) in [5, 5.41) is 6.23. The van der Waals surface area contributed by atoms with Crippen molar-refractivity contribution in [1.82, 2.24) is 10.6 Å². The lowest BCUT2D eigenvalue weighted by Gasteiger charge is -2.18. The van der Waals surface area contributed by atoms with Crippen molar-refractivity contribution in [1.29, 1.82) is 0 Å². The quantitative estimate of drug-likeness (QED) is 0.0829. The molecule has 0 aliphatic carbocycles. The van der Waals surface area contributed by atoms with Crippen LogP contribution in [0.15, 0.2) is 42.5 Å². The number of carbonyl (C=O) groups is 2. The molecule has 0 saturated heterocycles. The largest absolute Gasteiger partial charge is 0.459 e. The van der Waals surface area contributed by atoms with Crippen LogP contribution in [0, 0.1) is 5.92 Å². The first-order valence-electron chi connectivity index (χ1n) is 15.0. The molecule has 216 valence electrons. The third-order valence-corrected chi connectivity index (χ3v) is 6.74. The third-order valence-electron chi connectivity index (χ3n) is 6.74. The highest BCUT2D eigenvalue weighted by Crippen LogP contribution is 2.17. The molecule has 38 heavy (non-hydrogen) atoms. The van der Waals surface area contributed by atoms with E-state index in [9.17, 15) is 9.59 Å². The highest BCUT2D eigenvalue weighted by atomic mass is 16.6. The molecule has 1 rings (SSSR count). The number of hydrogen-bond acceptors (Lipinski definition) is 5. The van der Waals surface area contributed by atoms with Gasteiger partial charge in [-0.15, -0.1) is 0 Å². The Labute approximate surface area is 232 Å². The van der Waals surface area contributed by atoms with Gasteiger partial charge < -0.3 is 20.1 Å². The fourth-order valence-electron chi connectivity index (χ4n) is 4.50. The summed E-state index contributed by atoms with van der Waals surface area (Å²) in [6.07, 6.45) is 18.3. The number of alkyl carbamates (subject to hydrolysis) is 1. The summed E-state index contributed by atoms with van der Waals surface area (Å²) in [5.41, 5.74) is 1.71. The number of unbranched alkanes of at least 4 members (excludes halogenated alkanes) is 11. The van der Waals surface area contributed by atoms with Crippen molar-refractivity contribution in [3.63, 3.8) is 0 Å². The van der Waals surface area contributed by atoms with Gasteiger partial charge in [-0.25, -0.2) is 9.59 Å². The van der Waals surface area contributed by atoms with Gasteiger partial charge in [0.25, 0.3) is 0 Å². The van der Waals surface area contributed by atoms with E-state index in [1.807, 2.05) is 0 Å². The van der Waals surface area contributed by atoms with Gasteiger partial charge in [-0.2, -0.15) is 0 Å². The van der Waals surface area contributed by atoms with E-state index in [-0.39, 0.29) is 13.2 Å². The van der Waals surface area contributed by atoms with Gasteiger partial charge in [-0.05, 0) is 37.8 Å². The molecule has 0 saturated carbocycles. The second-order valence-electron chi connectivity index (χ2n) is 10.4. The van der Waals surface area contributed by atoms with E-state index in [4.69, 9.17) is 9.47 Å². The van der Waals surface area contributed by atoms with Crippen molar-refractivity contribution in [2.45, 2.75) is 104 Å². The first-order chi connectivity index (χ1) is 18.5. The maximum atomic E-state index is 11.8. The van der Waals surface area contributed by atoms with E-state index in [2.05, 4.69) is 54.5 Å². The Morgan fingerprint density at radius 2 is 1.39 bits per heavy atom. The molecule has 0 heterocycles. The van der Waals surface area contributed by atoms with Crippen LogP contribution in [0.25, 0.3) is 0 Å². The van der Waals surface area contributed by atoms with Gasteiger partial charge in [0.2, 0.25) is 0 Å². The predicted octanol–water partition coefficient (Wildman–Crippen LogP) is 7.37. The number of esters is 1. The highest BCUT2D eigenvalue weighted by Gasteiger charge is 2.10. The molecular weight excluding hydrogens is 476 g/mol. The molecule has 0 aromatic heterocycles. The predicted molar refractivity (Wildman–Crippen MR) is 157 cm³/mol. The normalized spacial score (nSPS) is 11.6. The van der Waals surface area contributed by atoms with Gasteiger partial charge in [0, 0.05) is 18.7 Å². The smallest absolute Gasteiger partial charge is 0.407 e. The van der Waals surface area contributed by atoms with Gasteiger partial charge in [0.05, 0.1) is 0 Å². The average molecular weight is 531 g/mol. The standard InChI is InChI=1S/C32H54N2O4/c1-4-5-6-7-8-9-10-11-12-13-14-16-21-30(26-29-19-17-15-18-20-29)27-33-22-23-34-32(36)38-25-24-37-31(35)28(2)3/h15,17-20,30,33H,2,4-14,16,21-27H2,1,3H3,(H,34,36). The van der Waals surface area contributed by atoms with Crippen molar-refractivity contribution in [3.05, 3.63) is 48.0 Å². The van der Waals surface area contributed by atoms with Crippen molar-refractivity contribution in [2.24, 2.45) is 5.92 Å². The van der Waals surface area contributed by atoms with Crippen LogP contribution < -0.4 is 10.6 Å². The molecule has 1 unspecified atom stereocenters. The van der Waals surface area contributed by atoms with Crippen LogP contribution in [-0.2, 0) is 20.7 Å². The fraction of sp³-hybridized carbons (Fsp3) is 0.688. The SMILES string of the molecule is C=C(C)C(=O)OCCOC(=O)NCCNCC(CCCCCCCCCCCCCC)Cc1ccccc1. The Balaban J connectivity index is 2.15. The molecule has 0 aliphatic rings. The molecule has 1 aromatic rings. The number of nitrogens with one attached hydrogen (secondary N) is 2. The Bertz CT molecular complexity index is 738. The zero-order valence-electron chi connectivity index (χ0n) is 24.2. The molecule has 1 atom stereocenters. The van der Waals surface area contributed by atoms with Gasteiger partial charge in [-0.1, -0.05) is 121 Å². The maximum absolute atomic E-state index is 11.8. The van der Waals surface area contributed by atoms with Crippen molar-refractivity contribution in [3.8, 4) is 0 Å². The van der Waals surface area contributed by atoms with E-state index in [0.29, 0.717) is 24.6 Å². The monoisotopic (exact) mass is 530 g/mol. The van der Waals surface area contributed by atoms with Gasteiger partial charge in [0.1, 0.15) is 13.2 Å². The lowest BCUT2D eigenvalue weighted by Crippen LogP contribution is -2.35. The van der Waals surface area contributed by atoms with E-state index < -0.39 is 12.1 Å². The molecule has 0 spiro atoms. The zero-order chi connectivity index (χ0) is 27.7. The minimum absolute atomic E-state index is 0.0243. The minimum atomic E-state index is -0.504. The zero-order valence-corrected chi connectivity index (χ0v) is 24.2. The molecule has 1 amide bonds. The molecule has 6 nitrogen and oxygen atoms in total. The number of rotatable bonds is 24. The summed E-state index contributed by atoms with van der Waals surface area (Å²) in [5.74, 6) is 0.0993. The van der Waals surface area contributed by atoms with Crippen LogP contribution >= 0.6 is 0 Å². The number of hydrogen-bond donors (Lipinski definition) is 2. The Morgan fingerprint density at radius 3 is 2.00 bits per heavy atom. The Hall–Kier alpha value is -2.34. The number of benzene rings is 1. The molecule has 1 aromatic carbocycles. The van der Waals surface area contributed by atoms with Gasteiger partial charge in [-0.3, -0.25) is 0 Å². The van der Waals surface area contributed by atoms with E-state index >= 15 is 0 Å². The van der Waals surface area contributed by atoms with E-state index in [1.54, 1.807) is 6.92 Å². The molecule has 0 radical (unpaired) electrons. The van der Waals surface area contributed by atoms with Crippen molar-refractivity contribution < 1.29 is 19.1 Å². The highest BCUT2D eigenvalue weighted by molar-refractivity contribution is 5.86. The molecule has 2 N–H and O–H groups in total. The van der Waals surface area contributed by atoms with Crippen LogP contribution in [0.2, 0.25) is 0 Å². The first-order valence-corrected chi connectivity index (χ1v) is 15.0. The van der Waals surface area contributed by atoms with Crippen LogP contribution in [0.4, 0.5) is 4.79 Å². The third kappa shape index (κ3) is 19.7. The van der Waals surface area contributed by atoms with Crippen molar-refractivity contribution in [2.75, 3.05) is 32.8 Å². The summed E-state index contributed by atoms with van der Waals surface area (Å²) in [6.45, 7) is 9.51. The lowest BCUT2D eigenvalue weighted by atomic mass is 9.93. The summed E-state index contributed by atoms with van der Waals surface area (Å²) in [4.78, 5) is 23.1. The Kier molecular flexibility index (Phi) is 21.1. The summed E-state index contributed by atoms with van der Waals surface area (Å²) < 4.78 is 9.92. The van der Waals surface area contributed by atoms with Crippen LogP contribution in [0.1, 0.15) is 103 Å². The first kappa shape index (κ1) is 33.7.